The lowest BCUT2D eigenvalue weighted by Gasteiger charge is -2.29. The van der Waals surface area contributed by atoms with Gasteiger partial charge >= 0.3 is 0 Å². The van der Waals surface area contributed by atoms with Crippen molar-refractivity contribution in [3.8, 4) is 11.5 Å². The van der Waals surface area contributed by atoms with Gasteiger partial charge in [0.15, 0.2) is 11.5 Å². The Morgan fingerprint density at radius 3 is 2.71 bits per heavy atom. The Morgan fingerprint density at radius 2 is 2.00 bits per heavy atom. The summed E-state index contributed by atoms with van der Waals surface area (Å²) in [7, 11) is 1.59. The van der Waals surface area contributed by atoms with Crippen LogP contribution in [0.25, 0.3) is 0 Å². The van der Waals surface area contributed by atoms with E-state index in [9.17, 15) is 4.79 Å². The fourth-order valence-electron chi connectivity index (χ4n) is 4.02. The third-order valence-corrected chi connectivity index (χ3v) is 6.40. The lowest BCUT2D eigenvalue weighted by Crippen LogP contribution is -2.31. The molecule has 178 valence electrons. The zero-order valence-corrected chi connectivity index (χ0v) is 21.6. The second-order valence-corrected chi connectivity index (χ2v) is 9.35. The Balaban J connectivity index is 1.81. The quantitative estimate of drug-likeness (QED) is 0.448. The van der Waals surface area contributed by atoms with Gasteiger partial charge in [-0.1, -0.05) is 12.1 Å². The first kappa shape index (κ1) is 23.8. The zero-order valence-electron chi connectivity index (χ0n) is 20.1. The number of rotatable bonds is 6. The van der Waals surface area contributed by atoms with Crippen LogP contribution in [0.4, 0.5) is 11.6 Å². The fourth-order valence-corrected chi connectivity index (χ4v) is 4.57. The van der Waals surface area contributed by atoms with E-state index in [1.807, 2.05) is 65.0 Å². The smallest absolute Gasteiger partial charge is 0.255 e. The molecule has 34 heavy (non-hydrogen) atoms. The van der Waals surface area contributed by atoms with Crippen LogP contribution in [-0.4, -0.2) is 33.9 Å². The number of anilines is 2. The molecule has 1 unspecified atom stereocenters. The van der Waals surface area contributed by atoms with Crippen LogP contribution in [0.2, 0.25) is 0 Å². The third kappa shape index (κ3) is 4.40. The number of amides is 1. The molecule has 2 N–H and O–H groups in total. The average Bonchev–Trinajstić information content (AvgIpc) is 3.24. The van der Waals surface area contributed by atoms with Crippen molar-refractivity contribution in [3.05, 3.63) is 69.1 Å². The molecule has 1 aromatic heterocycles. The molecular weight excluding hydrogens is 498 g/mol. The number of aromatic nitrogens is 3. The largest absolute Gasteiger partial charge is 0.493 e. The summed E-state index contributed by atoms with van der Waals surface area (Å²) in [6, 6.07) is 9.14. The van der Waals surface area contributed by atoms with Crippen LogP contribution in [0.5, 0.6) is 11.5 Å². The molecule has 0 spiro atoms. The molecule has 0 radical (unpaired) electrons. The highest BCUT2D eigenvalue weighted by atomic mass is 79.9. The minimum atomic E-state index is -0.526. The number of methoxy groups -OCH3 is 1. The number of benzene rings is 2. The normalized spacial score (nSPS) is 15.1. The summed E-state index contributed by atoms with van der Waals surface area (Å²) in [5.74, 6) is 1.51. The number of ether oxygens (including phenoxy) is 2. The van der Waals surface area contributed by atoms with E-state index in [-0.39, 0.29) is 12.0 Å². The van der Waals surface area contributed by atoms with Crippen molar-refractivity contribution in [1.82, 2.24) is 14.8 Å². The number of nitrogens with zero attached hydrogens (tertiary/aromatic N) is 3. The first-order chi connectivity index (χ1) is 16.2. The summed E-state index contributed by atoms with van der Waals surface area (Å²) in [5.41, 5.74) is 4.94. The first-order valence-electron chi connectivity index (χ1n) is 11.0. The second-order valence-electron chi connectivity index (χ2n) is 8.50. The molecule has 0 saturated heterocycles. The van der Waals surface area contributed by atoms with Gasteiger partial charge in [-0.2, -0.15) is 10.1 Å². The Labute approximate surface area is 207 Å². The van der Waals surface area contributed by atoms with Crippen LogP contribution in [-0.2, 0) is 4.79 Å². The lowest BCUT2D eigenvalue weighted by molar-refractivity contribution is -0.113. The molecule has 1 aliphatic heterocycles. The zero-order chi connectivity index (χ0) is 24.6. The lowest BCUT2D eigenvalue weighted by atomic mass is 9.94. The molecule has 1 amide bonds. The van der Waals surface area contributed by atoms with Gasteiger partial charge in [-0.15, -0.1) is 0 Å². The van der Waals surface area contributed by atoms with Gasteiger partial charge in [0.1, 0.15) is 12.4 Å². The standard InChI is InChI=1S/C25H28BrN5O3/c1-13(2)34-23-18(26)10-17(11-20(23)33-6)22-21(16(5)29-25-27-12-28-31(22)25)24(32)30-19-9-7-8-14(3)15(19)4/h7-13,22H,1-6H3,(H,30,32)(H,27,28,29). The number of carbonyl (C=O) groups excluding carboxylic acids is 1. The molecule has 0 aliphatic carbocycles. The van der Waals surface area contributed by atoms with Crippen molar-refractivity contribution in [2.24, 2.45) is 0 Å². The highest BCUT2D eigenvalue weighted by Crippen LogP contribution is 2.43. The van der Waals surface area contributed by atoms with Crippen LogP contribution < -0.4 is 20.1 Å². The second kappa shape index (κ2) is 9.50. The van der Waals surface area contributed by atoms with Crippen molar-refractivity contribution < 1.29 is 14.3 Å². The van der Waals surface area contributed by atoms with Gasteiger partial charge in [-0.25, -0.2) is 4.68 Å². The predicted octanol–water partition coefficient (Wildman–Crippen LogP) is 5.38. The highest BCUT2D eigenvalue weighted by molar-refractivity contribution is 9.10. The van der Waals surface area contributed by atoms with E-state index < -0.39 is 6.04 Å². The molecule has 0 fully saturated rings. The molecule has 1 atom stereocenters. The number of nitrogens with one attached hydrogen (secondary N) is 2. The minimum absolute atomic E-state index is 0.0297. The molecule has 0 saturated carbocycles. The van der Waals surface area contributed by atoms with Crippen LogP contribution in [0, 0.1) is 13.8 Å². The van der Waals surface area contributed by atoms with Gasteiger partial charge < -0.3 is 20.1 Å². The SMILES string of the molecule is COc1cc(C2C(C(=O)Nc3cccc(C)c3C)=C(C)Nc3ncnn32)cc(Br)c1OC(C)C. The maximum atomic E-state index is 13.7. The summed E-state index contributed by atoms with van der Waals surface area (Å²) in [6.45, 7) is 9.79. The van der Waals surface area contributed by atoms with Crippen LogP contribution in [0.3, 0.4) is 0 Å². The predicted molar refractivity (Wildman–Crippen MR) is 135 cm³/mol. The van der Waals surface area contributed by atoms with Gasteiger partial charge in [-0.3, -0.25) is 4.79 Å². The van der Waals surface area contributed by atoms with Crippen molar-refractivity contribution in [1.29, 1.82) is 0 Å². The van der Waals surface area contributed by atoms with E-state index >= 15 is 0 Å². The molecule has 8 nitrogen and oxygen atoms in total. The maximum Gasteiger partial charge on any atom is 0.255 e. The molecule has 2 aromatic carbocycles. The van der Waals surface area contributed by atoms with Gasteiger partial charge in [0.25, 0.3) is 5.91 Å². The highest BCUT2D eigenvalue weighted by Gasteiger charge is 2.34. The summed E-state index contributed by atoms with van der Waals surface area (Å²) in [5, 5.41) is 10.7. The number of carbonyl (C=O) groups is 1. The Bertz CT molecular complexity index is 1280. The topological polar surface area (TPSA) is 90.3 Å². The van der Waals surface area contributed by atoms with Gasteiger partial charge in [-0.05, 0) is 85.4 Å². The van der Waals surface area contributed by atoms with E-state index in [0.717, 1.165) is 26.9 Å². The molecular formula is C25H28BrN5O3. The summed E-state index contributed by atoms with van der Waals surface area (Å²) < 4.78 is 14.0. The number of hydrogen-bond donors (Lipinski definition) is 2. The molecule has 3 aromatic rings. The van der Waals surface area contributed by atoms with Gasteiger partial charge in [0.2, 0.25) is 5.95 Å². The molecule has 0 bridgehead atoms. The van der Waals surface area contributed by atoms with E-state index in [1.54, 1.807) is 11.8 Å². The minimum Gasteiger partial charge on any atom is -0.493 e. The van der Waals surface area contributed by atoms with E-state index in [1.165, 1.54) is 6.33 Å². The summed E-state index contributed by atoms with van der Waals surface area (Å²) in [6.07, 6.45) is 1.44. The van der Waals surface area contributed by atoms with Gasteiger partial charge in [0.05, 0.1) is 23.3 Å². The Hall–Kier alpha value is -3.33. The van der Waals surface area contributed by atoms with E-state index in [2.05, 4.69) is 36.6 Å². The van der Waals surface area contributed by atoms with Crippen LogP contribution in [0.15, 0.2) is 52.4 Å². The Morgan fingerprint density at radius 1 is 1.24 bits per heavy atom. The van der Waals surface area contributed by atoms with Crippen molar-refractivity contribution >= 4 is 33.5 Å². The summed E-state index contributed by atoms with van der Waals surface area (Å²) in [4.78, 5) is 18.0. The molecule has 1 aliphatic rings. The number of aryl methyl sites for hydroxylation is 1. The van der Waals surface area contributed by atoms with Crippen LogP contribution >= 0.6 is 15.9 Å². The monoisotopic (exact) mass is 525 g/mol. The number of halogens is 1. The van der Waals surface area contributed by atoms with Crippen LogP contribution in [0.1, 0.15) is 43.5 Å². The number of allylic oxidation sites excluding steroid dienone is 1. The average molecular weight is 526 g/mol. The number of fused-ring (bicyclic) bond motifs is 1. The third-order valence-electron chi connectivity index (χ3n) is 5.81. The number of hydrogen-bond acceptors (Lipinski definition) is 6. The van der Waals surface area contributed by atoms with Crippen molar-refractivity contribution in [2.75, 3.05) is 17.7 Å². The van der Waals surface area contributed by atoms with E-state index in [0.29, 0.717) is 28.7 Å². The van der Waals surface area contributed by atoms with Gasteiger partial charge in [0, 0.05) is 11.4 Å². The molecule has 2 heterocycles. The molecule has 4 rings (SSSR count). The van der Waals surface area contributed by atoms with Crippen molar-refractivity contribution in [2.45, 2.75) is 46.8 Å². The molecule has 9 heteroatoms. The maximum absolute atomic E-state index is 13.7. The van der Waals surface area contributed by atoms with E-state index in [4.69, 9.17) is 9.47 Å². The first-order valence-corrected chi connectivity index (χ1v) is 11.8. The fraction of sp³-hybridized carbons (Fsp3) is 0.320. The van der Waals surface area contributed by atoms with Crippen molar-refractivity contribution in [3.63, 3.8) is 0 Å². The summed E-state index contributed by atoms with van der Waals surface area (Å²) >= 11 is 3.63. The Kier molecular flexibility index (Phi) is 6.65.